The number of rotatable bonds is 7. The number of carbonyl (C=O) groups excluding carboxylic acids is 1. The Kier molecular flexibility index (Phi) is 7.96. The number of aromatic nitrogens is 3. The maximum atomic E-state index is 15.5. The van der Waals surface area contributed by atoms with Gasteiger partial charge in [-0.3, -0.25) is 9.20 Å². The van der Waals surface area contributed by atoms with Crippen LogP contribution in [-0.4, -0.2) is 49.9 Å². The Hall–Kier alpha value is -2.56. The van der Waals surface area contributed by atoms with E-state index in [1.807, 2.05) is 31.4 Å². The Morgan fingerprint density at radius 1 is 1.36 bits per heavy atom. The molecular formula is C25H31ClFN5O3S. The number of anilines is 1. The molecule has 1 atom stereocenters. The van der Waals surface area contributed by atoms with Crippen LogP contribution < -0.4 is 15.8 Å². The molecule has 2 aromatic heterocycles. The number of amides is 1. The number of aliphatic hydroxyl groups is 1. The van der Waals surface area contributed by atoms with Gasteiger partial charge in [-0.2, -0.15) is 0 Å². The Labute approximate surface area is 218 Å². The van der Waals surface area contributed by atoms with Crippen LogP contribution in [0.25, 0.3) is 5.52 Å². The van der Waals surface area contributed by atoms with Crippen molar-refractivity contribution in [2.24, 2.45) is 0 Å². The summed E-state index contributed by atoms with van der Waals surface area (Å²) in [5.41, 5.74) is 7.80. The summed E-state index contributed by atoms with van der Waals surface area (Å²) in [5.74, 6) is -0.307. The molecule has 4 rings (SSSR count). The van der Waals surface area contributed by atoms with Gasteiger partial charge in [0.1, 0.15) is 28.5 Å². The van der Waals surface area contributed by atoms with Crippen LogP contribution in [0.1, 0.15) is 72.2 Å². The Balaban J connectivity index is 1.85. The minimum absolute atomic E-state index is 0.135. The van der Waals surface area contributed by atoms with E-state index in [1.54, 1.807) is 12.4 Å². The van der Waals surface area contributed by atoms with Gasteiger partial charge in [-0.1, -0.05) is 11.6 Å². The SMILES string of the molecule is CSC(c1cc(Cl)c(F)c(C(=O)N[C@H]2CC[C@@H](O)CC2)c1OC(C)C)c1nc(C)c2c(N)nccn12. The summed E-state index contributed by atoms with van der Waals surface area (Å²) < 4.78 is 23.4. The smallest absolute Gasteiger partial charge is 0.258 e. The van der Waals surface area contributed by atoms with Gasteiger partial charge in [0.05, 0.1) is 28.2 Å². The molecule has 0 spiro atoms. The highest BCUT2D eigenvalue weighted by Crippen LogP contribution is 2.44. The summed E-state index contributed by atoms with van der Waals surface area (Å²) in [4.78, 5) is 22.3. The predicted molar refractivity (Wildman–Crippen MR) is 140 cm³/mol. The molecule has 0 bridgehead atoms. The third-order valence-corrected chi connectivity index (χ3v) is 7.56. The summed E-state index contributed by atoms with van der Waals surface area (Å²) in [5, 5.41) is 12.1. The first-order valence-corrected chi connectivity index (χ1v) is 13.6. The zero-order valence-electron chi connectivity index (χ0n) is 20.7. The lowest BCUT2D eigenvalue weighted by Gasteiger charge is -2.27. The van der Waals surface area contributed by atoms with E-state index in [9.17, 15) is 9.90 Å². The molecule has 2 heterocycles. The highest BCUT2D eigenvalue weighted by Gasteiger charge is 2.32. The second-order valence-electron chi connectivity index (χ2n) is 9.31. The van der Waals surface area contributed by atoms with Crippen LogP contribution >= 0.6 is 23.4 Å². The van der Waals surface area contributed by atoms with E-state index in [0.29, 0.717) is 54.1 Å². The number of aryl methyl sites for hydroxylation is 1. The van der Waals surface area contributed by atoms with Gasteiger partial charge in [-0.25, -0.2) is 14.4 Å². The first-order valence-electron chi connectivity index (χ1n) is 11.9. The number of hydrogen-bond donors (Lipinski definition) is 3. The predicted octanol–water partition coefficient (Wildman–Crippen LogP) is 4.69. The second-order valence-corrected chi connectivity index (χ2v) is 10.7. The topological polar surface area (TPSA) is 115 Å². The third kappa shape index (κ3) is 5.12. The monoisotopic (exact) mass is 535 g/mol. The Morgan fingerprint density at radius 3 is 2.69 bits per heavy atom. The highest BCUT2D eigenvalue weighted by molar-refractivity contribution is 7.99. The number of halogens is 2. The third-order valence-electron chi connectivity index (χ3n) is 6.35. The average molecular weight is 536 g/mol. The lowest BCUT2D eigenvalue weighted by Crippen LogP contribution is -2.39. The molecule has 0 saturated heterocycles. The van der Waals surface area contributed by atoms with Crippen LogP contribution in [-0.2, 0) is 0 Å². The molecule has 1 aliphatic rings. The number of nitrogen functional groups attached to an aromatic ring is 1. The standard InChI is InChI=1S/C25H31ClFN5O3S/c1-12(2)35-21-16(22(36-4)24-30-13(3)20-23(28)29-9-10-32(20)24)11-17(26)19(27)18(21)25(34)31-14-5-7-15(33)8-6-14/h9-12,14-15,22,33H,5-8H2,1-4H3,(H2,28,29)(H,31,34)/t14-,15+,22?. The van der Waals surface area contributed by atoms with Crippen molar-refractivity contribution in [3.8, 4) is 5.75 Å². The van der Waals surface area contributed by atoms with E-state index in [2.05, 4.69) is 10.3 Å². The van der Waals surface area contributed by atoms with Gasteiger partial charge in [0.15, 0.2) is 5.82 Å². The van der Waals surface area contributed by atoms with Crippen molar-refractivity contribution >= 4 is 40.6 Å². The average Bonchev–Trinajstić information content (AvgIpc) is 3.16. The number of hydrogen-bond acceptors (Lipinski definition) is 7. The molecule has 36 heavy (non-hydrogen) atoms. The fourth-order valence-corrected chi connectivity index (χ4v) is 5.71. The summed E-state index contributed by atoms with van der Waals surface area (Å²) in [6.07, 6.45) is 6.96. The van der Waals surface area contributed by atoms with Gasteiger partial charge < -0.3 is 20.9 Å². The number of nitrogens with one attached hydrogen (secondary N) is 1. The number of imidazole rings is 1. The first-order chi connectivity index (χ1) is 17.1. The molecule has 3 aromatic rings. The fraction of sp³-hybridized carbons (Fsp3) is 0.480. The van der Waals surface area contributed by atoms with Gasteiger partial charge in [0, 0.05) is 24.0 Å². The van der Waals surface area contributed by atoms with Gasteiger partial charge in [-0.05, 0) is 58.8 Å². The number of carbonyl (C=O) groups is 1. The minimum Gasteiger partial charge on any atom is -0.490 e. The molecule has 1 aliphatic carbocycles. The maximum Gasteiger partial charge on any atom is 0.258 e. The van der Waals surface area contributed by atoms with E-state index in [1.165, 1.54) is 17.8 Å². The van der Waals surface area contributed by atoms with Crippen molar-refractivity contribution in [2.75, 3.05) is 12.0 Å². The maximum absolute atomic E-state index is 15.5. The summed E-state index contributed by atoms with van der Waals surface area (Å²) in [7, 11) is 0. The molecule has 4 N–H and O–H groups in total. The number of aliphatic hydroxyl groups excluding tert-OH is 1. The molecule has 1 saturated carbocycles. The largest absolute Gasteiger partial charge is 0.490 e. The summed E-state index contributed by atoms with van der Waals surface area (Å²) in [6, 6.07) is 1.34. The number of benzene rings is 1. The Bertz CT molecular complexity index is 1280. The van der Waals surface area contributed by atoms with Crippen LogP contribution in [0.15, 0.2) is 18.5 Å². The molecule has 11 heteroatoms. The van der Waals surface area contributed by atoms with E-state index in [4.69, 9.17) is 27.1 Å². The minimum atomic E-state index is -0.832. The molecule has 1 amide bonds. The zero-order valence-corrected chi connectivity index (χ0v) is 22.3. The van der Waals surface area contributed by atoms with Gasteiger partial charge in [0.25, 0.3) is 5.91 Å². The van der Waals surface area contributed by atoms with Crippen molar-refractivity contribution in [2.45, 2.75) is 70.0 Å². The molecule has 1 aromatic carbocycles. The van der Waals surface area contributed by atoms with E-state index in [-0.39, 0.29) is 34.6 Å². The van der Waals surface area contributed by atoms with Crippen molar-refractivity contribution in [3.05, 3.63) is 51.9 Å². The molecule has 194 valence electrons. The van der Waals surface area contributed by atoms with Crippen LogP contribution in [0.2, 0.25) is 5.02 Å². The molecular weight excluding hydrogens is 505 g/mol. The molecule has 8 nitrogen and oxygen atoms in total. The van der Waals surface area contributed by atoms with Crippen molar-refractivity contribution in [1.82, 2.24) is 19.7 Å². The van der Waals surface area contributed by atoms with Gasteiger partial charge >= 0.3 is 0 Å². The van der Waals surface area contributed by atoms with E-state index < -0.39 is 17.0 Å². The van der Waals surface area contributed by atoms with Gasteiger partial charge in [-0.15, -0.1) is 11.8 Å². The number of ether oxygens (including phenoxy) is 1. The number of thioether (sulfide) groups is 1. The van der Waals surface area contributed by atoms with E-state index >= 15 is 4.39 Å². The fourth-order valence-electron chi connectivity index (χ4n) is 4.69. The van der Waals surface area contributed by atoms with Crippen molar-refractivity contribution in [1.29, 1.82) is 0 Å². The van der Waals surface area contributed by atoms with Gasteiger partial charge in [0.2, 0.25) is 0 Å². The lowest BCUT2D eigenvalue weighted by atomic mass is 9.92. The summed E-state index contributed by atoms with van der Waals surface area (Å²) in [6.45, 7) is 5.48. The number of fused-ring (bicyclic) bond motifs is 1. The number of nitrogens with two attached hydrogens (primary N) is 1. The quantitative estimate of drug-likeness (QED) is 0.402. The molecule has 1 fully saturated rings. The van der Waals surface area contributed by atoms with Crippen LogP contribution in [0.3, 0.4) is 0 Å². The zero-order chi connectivity index (χ0) is 26.1. The van der Waals surface area contributed by atoms with Crippen molar-refractivity contribution < 1.29 is 19.0 Å². The Morgan fingerprint density at radius 2 is 2.06 bits per heavy atom. The molecule has 0 aliphatic heterocycles. The lowest BCUT2D eigenvalue weighted by molar-refractivity contribution is 0.0858. The highest BCUT2D eigenvalue weighted by atomic mass is 35.5. The van der Waals surface area contributed by atoms with E-state index in [0.717, 1.165) is 0 Å². The summed E-state index contributed by atoms with van der Waals surface area (Å²) >= 11 is 7.82. The van der Waals surface area contributed by atoms with Crippen LogP contribution in [0, 0.1) is 12.7 Å². The van der Waals surface area contributed by atoms with Crippen LogP contribution in [0.4, 0.5) is 10.2 Å². The normalized spacial score (nSPS) is 19.0. The number of nitrogens with zero attached hydrogens (tertiary/aromatic N) is 3. The second kappa shape index (κ2) is 10.8. The molecule has 0 radical (unpaired) electrons. The first kappa shape index (κ1) is 26.5. The molecule has 1 unspecified atom stereocenters. The van der Waals surface area contributed by atoms with Crippen molar-refractivity contribution in [3.63, 3.8) is 0 Å². The van der Waals surface area contributed by atoms with Crippen LogP contribution in [0.5, 0.6) is 5.75 Å².